The van der Waals surface area contributed by atoms with Crippen LogP contribution in [0.25, 0.3) is 22.2 Å². The number of alkyl halides is 3. The number of anilines is 1. The third-order valence-corrected chi connectivity index (χ3v) is 6.56. The van der Waals surface area contributed by atoms with Crippen LogP contribution in [0.15, 0.2) is 40.9 Å². The van der Waals surface area contributed by atoms with Gasteiger partial charge in [-0.1, -0.05) is 24.3 Å². The van der Waals surface area contributed by atoms with E-state index in [0.29, 0.717) is 18.7 Å². The molecule has 1 saturated heterocycles. The number of aryl methyl sites for hydroxylation is 2. The van der Waals surface area contributed by atoms with Gasteiger partial charge in [-0.15, -0.1) is 10.2 Å². The van der Waals surface area contributed by atoms with Crippen molar-refractivity contribution < 1.29 is 22.4 Å². The Balaban J connectivity index is 1.36. The summed E-state index contributed by atoms with van der Waals surface area (Å²) in [5, 5.41) is 15.1. The fraction of sp³-hybridized carbons (Fsp3) is 0.375. The number of aromatic nitrogens is 5. The van der Waals surface area contributed by atoms with Gasteiger partial charge in [0.2, 0.25) is 5.76 Å². The van der Waals surface area contributed by atoms with Gasteiger partial charge in [0.15, 0.2) is 17.4 Å². The highest BCUT2D eigenvalue weighted by Crippen LogP contribution is 2.35. The molecule has 1 aromatic carbocycles. The third-order valence-electron chi connectivity index (χ3n) is 6.56. The number of likely N-dealkylation sites (tertiary alicyclic amines) is 1. The molecular formula is C24H24F3N7O2. The van der Waals surface area contributed by atoms with Gasteiger partial charge < -0.3 is 14.2 Å². The van der Waals surface area contributed by atoms with Gasteiger partial charge in [-0.05, 0) is 18.9 Å². The number of rotatable bonds is 4. The number of hydrogen-bond donors (Lipinski definition) is 0. The maximum absolute atomic E-state index is 13.3. The number of benzene rings is 1. The molecule has 0 atom stereocenters. The van der Waals surface area contributed by atoms with Crippen molar-refractivity contribution in [1.29, 1.82) is 0 Å². The van der Waals surface area contributed by atoms with E-state index in [9.17, 15) is 18.0 Å². The van der Waals surface area contributed by atoms with Gasteiger partial charge >= 0.3 is 6.18 Å². The fourth-order valence-electron chi connectivity index (χ4n) is 4.69. The molecule has 0 N–H and O–H groups in total. The Morgan fingerprint density at radius 2 is 1.81 bits per heavy atom. The van der Waals surface area contributed by atoms with Crippen molar-refractivity contribution >= 4 is 22.5 Å². The Morgan fingerprint density at radius 3 is 2.44 bits per heavy atom. The first-order valence-corrected chi connectivity index (χ1v) is 11.5. The number of hydrogen-bond acceptors (Lipinski definition) is 7. The van der Waals surface area contributed by atoms with Crippen LogP contribution >= 0.6 is 0 Å². The molecule has 0 spiro atoms. The second kappa shape index (κ2) is 8.92. The third kappa shape index (κ3) is 4.16. The van der Waals surface area contributed by atoms with Crippen molar-refractivity contribution in [2.75, 3.05) is 25.0 Å². The summed E-state index contributed by atoms with van der Waals surface area (Å²) in [6, 6.07) is 9.76. The van der Waals surface area contributed by atoms with E-state index < -0.39 is 23.5 Å². The van der Waals surface area contributed by atoms with Gasteiger partial charge in [0.1, 0.15) is 5.69 Å². The summed E-state index contributed by atoms with van der Waals surface area (Å²) in [6.45, 7) is 1.86. The minimum absolute atomic E-state index is 0.0236. The van der Waals surface area contributed by atoms with Crippen LogP contribution in [-0.4, -0.2) is 61.9 Å². The summed E-state index contributed by atoms with van der Waals surface area (Å²) < 4.78 is 46.3. The van der Waals surface area contributed by atoms with E-state index in [4.69, 9.17) is 0 Å². The van der Waals surface area contributed by atoms with Crippen molar-refractivity contribution in [3.05, 3.63) is 53.9 Å². The van der Waals surface area contributed by atoms with Gasteiger partial charge in [-0.25, -0.2) is 4.98 Å². The summed E-state index contributed by atoms with van der Waals surface area (Å²) in [7, 11) is 3.77. The highest BCUT2D eigenvalue weighted by molar-refractivity contribution is 5.99. The minimum Gasteiger partial charge on any atom is -0.436 e. The summed E-state index contributed by atoms with van der Waals surface area (Å²) >= 11 is 0. The molecule has 5 rings (SSSR count). The van der Waals surface area contributed by atoms with Crippen LogP contribution in [0.5, 0.6) is 0 Å². The summed E-state index contributed by atoms with van der Waals surface area (Å²) in [4.78, 5) is 20.0. The zero-order chi connectivity index (χ0) is 25.6. The van der Waals surface area contributed by atoms with Crippen LogP contribution in [-0.2, 0) is 13.2 Å². The molecule has 0 saturated carbocycles. The molecule has 3 aromatic heterocycles. The van der Waals surface area contributed by atoms with Crippen LogP contribution in [0.4, 0.5) is 19.0 Å². The molecule has 0 unspecified atom stereocenters. The van der Waals surface area contributed by atoms with E-state index in [0.717, 1.165) is 22.2 Å². The highest BCUT2D eigenvalue weighted by atomic mass is 19.4. The molecule has 1 aliphatic rings. The van der Waals surface area contributed by atoms with Crippen molar-refractivity contribution in [1.82, 2.24) is 29.9 Å². The molecule has 4 aromatic rings. The monoisotopic (exact) mass is 499 g/mol. The van der Waals surface area contributed by atoms with Crippen molar-refractivity contribution in [3.8, 4) is 11.4 Å². The average molecular weight is 499 g/mol. The van der Waals surface area contributed by atoms with Crippen LogP contribution in [0.1, 0.15) is 35.0 Å². The smallest absolute Gasteiger partial charge is 0.436 e. The lowest BCUT2D eigenvalue weighted by molar-refractivity contribution is -0.153. The molecule has 9 nitrogen and oxygen atoms in total. The van der Waals surface area contributed by atoms with Crippen LogP contribution < -0.4 is 4.90 Å². The minimum atomic E-state index is -4.79. The largest absolute Gasteiger partial charge is 0.452 e. The first kappa shape index (κ1) is 23.8. The van der Waals surface area contributed by atoms with Gasteiger partial charge in [-0.3, -0.25) is 9.48 Å². The maximum Gasteiger partial charge on any atom is 0.452 e. The number of carbonyl (C=O) groups excluding carboxylic acids is 1. The molecule has 36 heavy (non-hydrogen) atoms. The number of fused-ring (bicyclic) bond motifs is 1. The second-order valence-corrected chi connectivity index (χ2v) is 8.80. The molecule has 12 heteroatoms. The van der Waals surface area contributed by atoms with Gasteiger partial charge in [0.25, 0.3) is 5.91 Å². The van der Waals surface area contributed by atoms with Gasteiger partial charge in [0.05, 0.1) is 5.69 Å². The van der Waals surface area contributed by atoms with Crippen molar-refractivity contribution in [2.45, 2.75) is 32.0 Å². The summed E-state index contributed by atoms with van der Waals surface area (Å²) in [5.74, 6) is -1.61. The van der Waals surface area contributed by atoms with Gasteiger partial charge in [-0.2, -0.15) is 18.3 Å². The Kier molecular flexibility index (Phi) is 5.89. The Bertz CT molecular complexity index is 1420. The molecule has 1 aliphatic heterocycles. The zero-order valence-electron chi connectivity index (χ0n) is 20.0. The maximum atomic E-state index is 13.3. The lowest BCUT2D eigenvalue weighted by Crippen LogP contribution is -2.46. The van der Waals surface area contributed by atoms with E-state index in [1.165, 1.54) is 11.8 Å². The predicted octanol–water partition coefficient (Wildman–Crippen LogP) is 4.09. The second-order valence-electron chi connectivity index (χ2n) is 8.80. The Labute approximate surface area is 204 Å². The molecule has 0 radical (unpaired) electrons. The number of nitrogens with zero attached hydrogens (tertiary/aromatic N) is 7. The van der Waals surface area contributed by atoms with E-state index >= 15 is 0 Å². The van der Waals surface area contributed by atoms with Crippen molar-refractivity contribution in [3.63, 3.8) is 0 Å². The zero-order valence-corrected chi connectivity index (χ0v) is 20.0. The van der Waals surface area contributed by atoms with E-state index in [1.54, 1.807) is 10.9 Å². The lowest BCUT2D eigenvalue weighted by atomic mass is 10.0. The van der Waals surface area contributed by atoms with Crippen LogP contribution in [0, 0.1) is 6.92 Å². The Hall–Kier alpha value is -3.96. The van der Waals surface area contributed by atoms with E-state index in [1.807, 2.05) is 49.3 Å². The van der Waals surface area contributed by atoms with Crippen LogP contribution in [0.3, 0.4) is 0 Å². The molecule has 188 valence electrons. The fourth-order valence-corrected chi connectivity index (χ4v) is 4.69. The first-order chi connectivity index (χ1) is 17.1. The molecule has 0 bridgehead atoms. The lowest BCUT2D eigenvalue weighted by Gasteiger charge is -2.37. The highest BCUT2D eigenvalue weighted by Gasteiger charge is 2.42. The van der Waals surface area contributed by atoms with E-state index in [2.05, 4.69) is 24.7 Å². The van der Waals surface area contributed by atoms with Crippen molar-refractivity contribution in [2.24, 2.45) is 7.05 Å². The number of piperidine rings is 1. The predicted molar refractivity (Wildman–Crippen MR) is 125 cm³/mol. The number of carbonyl (C=O) groups is 1. The molecule has 0 aliphatic carbocycles. The average Bonchev–Trinajstić information content (AvgIpc) is 3.48. The number of amides is 1. The van der Waals surface area contributed by atoms with Gasteiger partial charge in [0, 0.05) is 57.1 Å². The summed E-state index contributed by atoms with van der Waals surface area (Å²) in [5.41, 5.74) is 0.891. The first-order valence-electron chi connectivity index (χ1n) is 11.5. The molecule has 1 fully saturated rings. The number of halogens is 3. The van der Waals surface area contributed by atoms with E-state index in [-0.39, 0.29) is 25.0 Å². The SMILES string of the molecule is Cc1nc(C(=O)N2CCC(N(C)c3nnc(-c4ccnn4C)c4ccccc34)CC2)c(C(F)(F)F)o1. The molecule has 1 amide bonds. The van der Waals surface area contributed by atoms with Crippen LogP contribution in [0.2, 0.25) is 0 Å². The standard InChI is InChI=1S/C24H24F3N7O2/c1-14-29-20(21(36-14)24(25,26)27)23(35)34-12-9-15(10-13-34)32(2)22-17-7-5-4-6-16(17)19(30-31-22)18-8-11-28-33(18)3/h4-8,11,15H,9-10,12-13H2,1-3H3. The normalized spacial score (nSPS) is 15.0. The number of oxazole rings is 1. The molecule has 4 heterocycles. The summed E-state index contributed by atoms with van der Waals surface area (Å²) in [6.07, 6.45) is -1.97. The topological polar surface area (TPSA) is 93.2 Å². The molecular weight excluding hydrogens is 475 g/mol. The quantitative estimate of drug-likeness (QED) is 0.418. The Morgan fingerprint density at radius 1 is 1.11 bits per heavy atom.